The maximum atomic E-state index is 13.3. The van der Waals surface area contributed by atoms with E-state index in [1.54, 1.807) is 4.90 Å². The Kier molecular flexibility index (Phi) is 4.25. The molecular formula is C19H21NO2. The molecule has 22 heavy (non-hydrogen) atoms. The third-order valence-corrected chi connectivity index (χ3v) is 4.53. The van der Waals surface area contributed by atoms with Crippen molar-refractivity contribution < 1.29 is 9.53 Å². The Morgan fingerprint density at radius 1 is 0.955 bits per heavy atom. The van der Waals surface area contributed by atoms with Gasteiger partial charge >= 0.3 is 0 Å². The molecule has 3 rings (SSSR count). The molecule has 1 aliphatic heterocycles. The average Bonchev–Trinajstić information content (AvgIpc) is 2.62. The predicted molar refractivity (Wildman–Crippen MR) is 88.0 cm³/mol. The van der Waals surface area contributed by atoms with Gasteiger partial charge in [0.15, 0.2) is 0 Å². The molecule has 2 aromatic rings. The highest BCUT2D eigenvalue weighted by Gasteiger charge is 2.43. The number of hydrogen-bond acceptors (Lipinski definition) is 2. The Morgan fingerprint density at radius 3 is 2.09 bits per heavy atom. The molecule has 0 bridgehead atoms. The van der Waals surface area contributed by atoms with Gasteiger partial charge in [-0.25, -0.2) is 0 Å². The van der Waals surface area contributed by atoms with E-state index in [1.807, 2.05) is 55.6 Å². The molecule has 1 aliphatic rings. The fraction of sp³-hybridized carbons (Fsp3) is 0.316. The van der Waals surface area contributed by atoms with E-state index >= 15 is 0 Å². The number of nitrogens with zero attached hydrogens (tertiary/aromatic N) is 1. The Labute approximate surface area is 131 Å². The van der Waals surface area contributed by atoms with Gasteiger partial charge in [-0.3, -0.25) is 4.79 Å². The van der Waals surface area contributed by atoms with Crippen LogP contribution in [0.15, 0.2) is 60.7 Å². The summed E-state index contributed by atoms with van der Waals surface area (Å²) in [6.45, 7) is 1.26. The van der Waals surface area contributed by atoms with Crippen molar-refractivity contribution in [3.8, 4) is 0 Å². The molecule has 0 spiro atoms. The van der Waals surface area contributed by atoms with E-state index in [2.05, 4.69) is 12.1 Å². The lowest BCUT2D eigenvalue weighted by Gasteiger charge is -2.39. The third-order valence-electron chi connectivity index (χ3n) is 4.53. The van der Waals surface area contributed by atoms with Crippen LogP contribution in [0.5, 0.6) is 0 Å². The minimum atomic E-state index is -0.482. The van der Waals surface area contributed by atoms with Crippen molar-refractivity contribution in [1.29, 1.82) is 0 Å². The monoisotopic (exact) mass is 295 g/mol. The van der Waals surface area contributed by atoms with Crippen LogP contribution < -0.4 is 4.90 Å². The molecule has 114 valence electrons. The van der Waals surface area contributed by atoms with Gasteiger partial charge in [-0.05, 0) is 30.5 Å². The number of benzene rings is 2. The second-order valence-corrected chi connectivity index (χ2v) is 5.76. The van der Waals surface area contributed by atoms with Crippen LogP contribution in [0.3, 0.4) is 0 Å². The first-order chi connectivity index (χ1) is 10.7. The highest BCUT2D eigenvalue weighted by atomic mass is 16.5. The van der Waals surface area contributed by atoms with Crippen LogP contribution in [0.25, 0.3) is 0 Å². The molecule has 0 unspecified atom stereocenters. The van der Waals surface area contributed by atoms with E-state index in [0.29, 0.717) is 13.2 Å². The zero-order chi connectivity index (χ0) is 15.4. The Bertz CT molecular complexity index is 618. The Balaban J connectivity index is 1.98. The van der Waals surface area contributed by atoms with Gasteiger partial charge in [-0.15, -0.1) is 0 Å². The first kappa shape index (κ1) is 14.8. The van der Waals surface area contributed by atoms with Gasteiger partial charge in [-0.2, -0.15) is 0 Å². The number of carbonyl (C=O) groups excluding carboxylic acids is 1. The molecule has 1 heterocycles. The topological polar surface area (TPSA) is 29.5 Å². The van der Waals surface area contributed by atoms with Crippen LogP contribution in [-0.2, 0) is 14.9 Å². The number of anilines is 1. The third kappa shape index (κ3) is 2.64. The summed E-state index contributed by atoms with van der Waals surface area (Å²) < 4.78 is 5.51. The van der Waals surface area contributed by atoms with Gasteiger partial charge in [0.05, 0.1) is 5.41 Å². The molecular weight excluding hydrogens is 274 g/mol. The lowest BCUT2D eigenvalue weighted by Crippen LogP contribution is -2.48. The molecule has 0 aliphatic carbocycles. The number of carbonyl (C=O) groups is 1. The zero-order valence-corrected chi connectivity index (χ0v) is 12.9. The number of para-hydroxylation sites is 1. The van der Waals surface area contributed by atoms with Crippen molar-refractivity contribution in [3.63, 3.8) is 0 Å². The smallest absolute Gasteiger partial charge is 0.237 e. The van der Waals surface area contributed by atoms with Gasteiger partial charge in [0, 0.05) is 25.9 Å². The van der Waals surface area contributed by atoms with E-state index in [0.717, 1.165) is 24.1 Å². The average molecular weight is 295 g/mol. The van der Waals surface area contributed by atoms with Crippen molar-refractivity contribution in [2.24, 2.45) is 0 Å². The predicted octanol–water partition coefficient (Wildman–Crippen LogP) is 3.40. The number of hydrogen-bond donors (Lipinski definition) is 0. The SMILES string of the molecule is CN(C(=O)C1(c2ccccc2)CCOCC1)c1ccccc1. The van der Waals surface area contributed by atoms with Crippen LogP contribution in [-0.4, -0.2) is 26.2 Å². The summed E-state index contributed by atoms with van der Waals surface area (Å²) in [7, 11) is 1.86. The normalized spacial score (nSPS) is 17.0. The first-order valence-electron chi connectivity index (χ1n) is 7.70. The van der Waals surface area contributed by atoms with Crippen LogP contribution >= 0.6 is 0 Å². The summed E-state index contributed by atoms with van der Waals surface area (Å²) in [5.74, 6) is 0.146. The lowest BCUT2D eigenvalue weighted by molar-refractivity contribution is -0.127. The van der Waals surface area contributed by atoms with E-state index < -0.39 is 5.41 Å². The van der Waals surface area contributed by atoms with Crippen LogP contribution in [0.2, 0.25) is 0 Å². The van der Waals surface area contributed by atoms with E-state index in [1.165, 1.54) is 0 Å². The fourth-order valence-corrected chi connectivity index (χ4v) is 3.19. The van der Waals surface area contributed by atoms with Crippen molar-refractivity contribution in [1.82, 2.24) is 0 Å². The quantitative estimate of drug-likeness (QED) is 0.868. The summed E-state index contributed by atoms with van der Waals surface area (Å²) in [5.41, 5.74) is 1.53. The van der Waals surface area contributed by atoms with E-state index in [9.17, 15) is 4.79 Å². The maximum Gasteiger partial charge on any atom is 0.237 e. The van der Waals surface area contributed by atoms with Gasteiger partial charge in [0.1, 0.15) is 0 Å². The number of likely N-dealkylation sites (N-methyl/N-ethyl adjacent to an activating group) is 1. The molecule has 1 amide bonds. The molecule has 0 radical (unpaired) electrons. The summed E-state index contributed by atoms with van der Waals surface area (Å²) >= 11 is 0. The minimum Gasteiger partial charge on any atom is -0.381 e. The van der Waals surface area contributed by atoms with Crippen LogP contribution in [0.1, 0.15) is 18.4 Å². The van der Waals surface area contributed by atoms with E-state index in [4.69, 9.17) is 4.74 Å². The molecule has 3 heteroatoms. The van der Waals surface area contributed by atoms with Gasteiger partial charge < -0.3 is 9.64 Å². The standard InChI is InChI=1S/C19H21NO2/c1-20(17-10-6-3-7-11-17)18(21)19(12-14-22-15-13-19)16-8-4-2-5-9-16/h2-11H,12-15H2,1H3. The molecule has 0 N–H and O–H groups in total. The van der Waals surface area contributed by atoms with Crippen molar-refractivity contribution in [3.05, 3.63) is 66.2 Å². The second-order valence-electron chi connectivity index (χ2n) is 5.76. The Hall–Kier alpha value is -2.13. The zero-order valence-electron chi connectivity index (χ0n) is 12.9. The summed E-state index contributed by atoms with van der Waals surface area (Å²) in [4.78, 5) is 15.1. The largest absolute Gasteiger partial charge is 0.381 e. The van der Waals surface area contributed by atoms with Gasteiger partial charge in [0.2, 0.25) is 5.91 Å². The first-order valence-corrected chi connectivity index (χ1v) is 7.70. The van der Waals surface area contributed by atoms with Crippen molar-refractivity contribution >= 4 is 11.6 Å². The number of amides is 1. The molecule has 3 nitrogen and oxygen atoms in total. The van der Waals surface area contributed by atoms with Gasteiger partial charge in [0.25, 0.3) is 0 Å². The molecule has 0 atom stereocenters. The molecule has 0 aromatic heterocycles. The molecule has 1 fully saturated rings. The Morgan fingerprint density at radius 2 is 1.50 bits per heavy atom. The maximum absolute atomic E-state index is 13.3. The van der Waals surface area contributed by atoms with Crippen molar-refractivity contribution in [2.45, 2.75) is 18.3 Å². The van der Waals surface area contributed by atoms with E-state index in [-0.39, 0.29) is 5.91 Å². The van der Waals surface area contributed by atoms with Crippen LogP contribution in [0.4, 0.5) is 5.69 Å². The molecule has 2 aromatic carbocycles. The summed E-state index contributed by atoms with van der Waals surface area (Å²) in [5, 5.41) is 0. The van der Waals surface area contributed by atoms with Crippen molar-refractivity contribution in [2.75, 3.05) is 25.2 Å². The number of ether oxygens (including phenoxy) is 1. The summed E-state index contributed by atoms with van der Waals surface area (Å²) in [6.07, 6.45) is 1.46. The highest BCUT2D eigenvalue weighted by molar-refractivity contribution is 6.00. The second kappa shape index (κ2) is 6.32. The number of rotatable bonds is 3. The van der Waals surface area contributed by atoms with Gasteiger partial charge in [-0.1, -0.05) is 48.5 Å². The highest BCUT2D eigenvalue weighted by Crippen LogP contribution is 2.37. The summed E-state index contributed by atoms with van der Waals surface area (Å²) in [6, 6.07) is 19.9. The fourth-order valence-electron chi connectivity index (χ4n) is 3.19. The molecule has 0 saturated carbocycles. The molecule has 1 saturated heterocycles. The minimum absolute atomic E-state index is 0.146. The van der Waals surface area contributed by atoms with Crippen LogP contribution in [0, 0.1) is 0 Å². The lowest BCUT2D eigenvalue weighted by atomic mass is 9.73.